The number of hydrogen-bond acceptors (Lipinski definition) is 3. The molecular formula is C17H24FNO2. The van der Waals surface area contributed by atoms with Gasteiger partial charge in [0, 0.05) is 13.0 Å². The molecular weight excluding hydrogens is 269 g/mol. The molecule has 1 fully saturated rings. The van der Waals surface area contributed by atoms with Crippen LogP contribution < -0.4 is 4.74 Å². The minimum Gasteiger partial charge on any atom is -0.496 e. The summed E-state index contributed by atoms with van der Waals surface area (Å²) in [6, 6.07) is 4.50. The zero-order valence-corrected chi connectivity index (χ0v) is 12.7. The van der Waals surface area contributed by atoms with Gasteiger partial charge in [-0.05, 0) is 38.1 Å². The minimum atomic E-state index is -0.494. The number of Topliss-reactive ketones (excluding diaryl/α,β-unsaturated/α-hetero) is 1. The van der Waals surface area contributed by atoms with E-state index in [0.717, 1.165) is 13.1 Å². The Kier molecular flexibility index (Phi) is 6.18. The highest BCUT2D eigenvalue weighted by atomic mass is 19.1. The highest BCUT2D eigenvalue weighted by Crippen LogP contribution is 2.23. The van der Waals surface area contributed by atoms with Gasteiger partial charge in [-0.15, -0.1) is 0 Å². The van der Waals surface area contributed by atoms with Crippen molar-refractivity contribution >= 4 is 5.78 Å². The number of carbonyl (C=O) groups excluding carboxylic acids is 1. The maximum Gasteiger partial charge on any atom is 0.170 e. The molecule has 0 aliphatic carbocycles. The Morgan fingerprint density at radius 2 is 1.86 bits per heavy atom. The van der Waals surface area contributed by atoms with Gasteiger partial charge in [-0.2, -0.15) is 0 Å². The summed E-state index contributed by atoms with van der Waals surface area (Å²) in [6.45, 7) is 2.79. The van der Waals surface area contributed by atoms with E-state index in [9.17, 15) is 9.18 Å². The van der Waals surface area contributed by atoms with Gasteiger partial charge >= 0.3 is 0 Å². The van der Waals surface area contributed by atoms with E-state index < -0.39 is 5.82 Å². The van der Waals surface area contributed by atoms with Gasteiger partial charge in [0.2, 0.25) is 0 Å². The second kappa shape index (κ2) is 8.13. The van der Waals surface area contributed by atoms with Crippen LogP contribution in [0.3, 0.4) is 0 Å². The molecule has 1 aromatic rings. The lowest BCUT2D eigenvalue weighted by Crippen LogP contribution is -2.29. The first-order chi connectivity index (χ1) is 10.2. The fraction of sp³-hybridized carbons (Fsp3) is 0.588. The van der Waals surface area contributed by atoms with Crippen LogP contribution in [0.5, 0.6) is 5.75 Å². The van der Waals surface area contributed by atoms with Gasteiger partial charge in [0.25, 0.3) is 0 Å². The maximum atomic E-state index is 13.9. The minimum absolute atomic E-state index is 0.0899. The van der Waals surface area contributed by atoms with Crippen molar-refractivity contribution in [1.82, 2.24) is 4.90 Å². The monoisotopic (exact) mass is 293 g/mol. The van der Waals surface area contributed by atoms with Crippen LogP contribution in [0.2, 0.25) is 0 Å². The van der Waals surface area contributed by atoms with Gasteiger partial charge in [-0.25, -0.2) is 4.39 Å². The average molecular weight is 293 g/mol. The molecule has 0 saturated carbocycles. The Bertz CT molecular complexity index is 468. The molecule has 0 bridgehead atoms. The molecule has 1 aliphatic rings. The number of hydrogen-bond donors (Lipinski definition) is 0. The van der Waals surface area contributed by atoms with Crippen molar-refractivity contribution in [2.45, 2.75) is 38.5 Å². The lowest BCUT2D eigenvalue weighted by atomic mass is 10.0. The summed E-state index contributed by atoms with van der Waals surface area (Å²) in [5, 5.41) is 0. The molecule has 116 valence electrons. The molecule has 1 saturated heterocycles. The van der Waals surface area contributed by atoms with E-state index in [1.807, 2.05) is 0 Å². The van der Waals surface area contributed by atoms with Gasteiger partial charge in [-0.1, -0.05) is 25.3 Å². The summed E-state index contributed by atoms with van der Waals surface area (Å²) in [7, 11) is 1.46. The van der Waals surface area contributed by atoms with Gasteiger partial charge in [-0.3, -0.25) is 4.79 Å². The number of ether oxygens (including phenoxy) is 1. The molecule has 21 heavy (non-hydrogen) atoms. The van der Waals surface area contributed by atoms with E-state index in [4.69, 9.17) is 4.74 Å². The van der Waals surface area contributed by atoms with Crippen molar-refractivity contribution in [3.8, 4) is 5.75 Å². The number of halogens is 1. The van der Waals surface area contributed by atoms with Gasteiger partial charge in [0.15, 0.2) is 5.78 Å². The van der Waals surface area contributed by atoms with E-state index in [2.05, 4.69) is 4.90 Å². The second-order valence-corrected chi connectivity index (χ2v) is 5.60. The molecule has 2 rings (SSSR count). The quantitative estimate of drug-likeness (QED) is 0.776. The summed E-state index contributed by atoms with van der Waals surface area (Å²) in [5.74, 6) is -0.341. The first-order valence-corrected chi connectivity index (χ1v) is 7.80. The summed E-state index contributed by atoms with van der Waals surface area (Å²) in [5.41, 5.74) is 0.0899. The standard InChI is InChI=1S/C17H24FNO2/c1-21-16-9-7-8-14(18)17(16)15(20)10-13-19-11-5-3-2-4-6-12-19/h7-9H,2-6,10-13H2,1H3. The summed E-state index contributed by atoms with van der Waals surface area (Å²) >= 11 is 0. The average Bonchev–Trinajstić information content (AvgIpc) is 2.45. The molecule has 1 heterocycles. The Hall–Kier alpha value is -1.42. The van der Waals surface area contributed by atoms with Crippen molar-refractivity contribution in [3.05, 3.63) is 29.6 Å². The molecule has 0 unspecified atom stereocenters. The fourth-order valence-corrected chi connectivity index (χ4v) is 2.87. The zero-order valence-electron chi connectivity index (χ0n) is 12.7. The predicted octanol–water partition coefficient (Wildman–Crippen LogP) is 3.67. The van der Waals surface area contributed by atoms with Crippen LogP contribution in [0.4, 0.5) is 4.39 Å². The largest absolute Gasteiger partial charge is 0.496 e. The molecule has 3 nitrogen and oxygen atoms in total. The first kappa shape index (κ1) is 16.0. The Morgan fingerprint density at radius 1 is 1.19 bits per heavy atom. The van der Waals surface area contributed by atoms with Crippen LogP contribution in [0.15, 0.2) is 18.2 Å². The molecule has 0 spiro atoms. The molecule has 0 radical (unpaired) electrons. The zero-order chi connectivity index (χ0) is 15.1. The summed E-state index contributed by atoms with van der Waals surface area (Å²) < 4.78 is 19.0. The van der Waals surface area contributed by atoms with Crippen LogP contribution in [0.25, 0.3) is 0 Å². The topological polar surface area (TPSA) is 29.5 Å². The third kappa shape index (κ3) is 4.53. The predicted molar refractivity (Wildman–Crippen MR) is 81.4 cm³/mol. The van der Waals surface area contributed by atoms with Crippen LogP contribution >= 0.6 is 0 Å². The SMILES string of the molecule is COc1cccc(F)c1C(=O)CCN1CCCCCCC1. The second-order valence-electron chi connectivity index (χ2n) is 5.60. The van der Waals surface area contributed by atoms with Crippen LogP contribution in [0, 0.1) is 5.82 Å². The van der Waals surface area contributed by atoms with Gasteiger partial charge in [0.05, 0.1) is 12.7 Å². The number of carbonyl (C=O) groups is 1. The van der Waals surface area contributed by atoms with E-state index in [1.54, 1.807) is 12.1 Å². The Balaban J connectivity index is 1.95. The third-order valence-electron chi connectivity index (χ3n) is 4.08. The number of likely N-dealkylation sites (tertiary alicyclic amines) is 1. The molecule has 0 N–H and O–H groups in total. The smallest absolute Gasteiger partial charge is 0.170 e. The summed E-state index contributed by atoms with van der Waals surface area (Å²) in [4.78, 5) is 14.6. The van der Waals surface area contributed by atoms with Crippen LogP contribution in [-0.2, 0) is 0 Å². The number of rotatable bonds is 5. The van der Waals surface area contributed by atoms with E-state index in [-0.39, 0.29) is 11.3 Å². The van der Waals surface area contributed by atoms with Gasteiger partial charge in [0.1, 0.15) is 11.6 Å². The van der Waals surface area contributed by atoms with Crippen molar-refractivity contribution in [1.29, 1.82) is 0 Å². The van der Waals surface area contributed by atoms with E-state index in [1.165, 1.54) is 45.3 Å². The normalized spacial score (nSPS) is 17.0. The molecule has 0 atom stereocenters. The first-order valence-electron chi connectivity index (χ1n) is 7.80. The highest BCUT2D eigenvalue weighted by Gasteiger charge is 2.18. The van der Waals surface area contributed by atoms with Crippen molar-refractivity contribution in [3.63, 3.8) is 0 Å². The summed E-state index contributed by atoms with van der Waals surface area (Å²) in [6.07, 6.45) is 6.59. The highest BCUT2D eigenvalue weighted by molar-refractivity contribution is 5.99. The lowest BCUT2D eigenvalue weighted by Gasteiger charge is -2.24. The number of methoxy groups -OCH3 is 1. The van der Waals surface area contributed by atoms with Crippen molar-refractivity contribution in [2.75, 3.05) is 26.7 Å². The van der Waals surface area contributed by atoms with Crippen LogP contribution in [-0.4, -0.2) is 37.4 Å². The Morgan fingerprint density at radius 3 is 2.52 bits per heavy atom. The number of nitrogens with zero attached hydrogens (tertiary/aromatic N) is 1. The number of ketones is 1. The maximum absolute atomic E-state index is 13.9. The molecule has 4 heteroatoms. The fourth-order valence-electron chi connectivity index (χ4n) is 2.87. The lowest BCUT2D eigenvalue weighted by molar-refractivity contribution is 0.0954. The van der Waals surface area contributed by atoms with Crippen LogP contribution in [0.1, 0.15) is 48.9 Å². The van der Waals surface area contributed by atoms with Gasteiger partial charge < -0.3 is 9.64 Å². The van der Waals surface area contributed by atoms with E-state index in [0.29, 0.717) is 18.7 Å². The Labute approximate surface area is 126 Å². The molecule has 1 aliphatic heterocycles. The molecule has 1 aromatic carbocycles. The third-order valence-corrected chi connectivity index (χ3v) is 4.08. The number of benzene rings is 1. The van der Waals surface area contributed by atoms with E-state index >= 15 is 0 Å². The molecule has 0 amide bonds. The van der Waals surface area contributed by atoms with Crippen molar-refractivity contribution < 1.29 is 13.9 Å². The molecule has 0 aromatic heterocycles. The van der Waals surface area contributed by atoms with Crippen molar-refractivity contribution in [2.24, 2.45) is 0 Å².